The van der Waals surface area contributed by atoms with Crippen molar-refractivity contribution in [1.82, 2.24) is 25.4 Å². The van der Waals surface area contributed by atoms with Gasteiger partial charge in [-0.2, -0.15) is 14.0 Å². The van der Waals surface area contributed by atoms with E-state index < -0.39 is 87.7 Å². The minimum absolute atomic E-state index is 0.0101. The van der Waals surface area contributed by atoms with Gasteiger partial charge in [0.1, 0.15) is 28.7 Å². The smallest absolute Gasteiger partial charge is 0.413 e. The summed E-state index contributed by atoms with van der Waals surface area (Å²) >= 11 is 0.897. The number of hydrogen-bond donors (Lipinski definition) is 3. The third kappa shape index (κ3) is 15.5. The number of aromatic nitrogens is 3. The second-order valence-electron chi connectivity index (χ2n) is 19.1. The first-order valence-corrected chi connectivity index (χ1v) is 25.0. The normalized spacial score (nSPS) is 15.2. The fourth-order valence-electron chi connectivity index (χ4n) is 7.12. The summed E-state index contributed by atoms with van der Waals surface area (Å²) in [5.74, 6) is -2.76. The van der Waals surface area contributed by atoms with Crippen LogP contribution >= 0.6 is 11.3 Å². The van der Waals surface area contributed by atoms with Crippen LogP contribution in [-0.2, 0) is 61.7 Å². The van der Waals surface area contributed by atoms with E-state index in [9.17, 15) is 36.9 Å². The van der Waals surface area contributed by atoms with E-state index in [0.717, 1.165) is 22.5 Å². The Labute approximate surface area is 426 Å². The van der Waals surface area contributed by atoms with Crippen LogP contribution < -0.4 is 25.4 Å². The lowest BCUT2D eigenvalue weighted by Crippen LogP contribution is -2.76. The average molecular weight is 1050 g/mol. The van der Waals surface area contributed by atoms with E-state index >= 15 is 0 Å². The number of carbonyl (C=O) groups excluding carboxylic acids is 5. The number of esters is 1. The summed E-state index contributed by atoms with van der Waals surface area (Å²) in [5, 5.41) is 13.4. The molecule has 1 fully saturated rings. The molecule has 3 aromatic carbocycles. The van der Waals surface area contributed by atoms with Crippen molar-refractivity contribution < 1.29 is 69.7 Å². The summed E-state index contributed by atoms with van der Waals surface area (Å²) < 4.78 is 65.3. The second-order valence-corrected chi connectivity index (χ2v) is 20.9. The number of aryl methyl sites for hydroxylation is 2. The molecule has 5 aromatic rings. The molecule has 0 spiro atoms. The Morgan fingerprint density at radius 1 is 0.890 bits per heavy atom. The van der Waals surface area contributed by atoms with Gasteiger partial charge in [-0.15, -0.1) is 16.0 Å². The van der Waals surface area contributed by atoms with Gasteiger partial charge in [0, 0.05) is 11.9 Å². The molecule has 22 nitrogen and oxygen atoms in total. The Morgan fingerprint density at radius 2 is 1.49 bits per heavy atom. The topological polar surface area (TPSA) is 271 Å². The zero-order valence-corrected chi connectivity index (χ0v) is 43.3. The predicted molar refractivity (Wildman–Crippen MR) is 263 cm³/mol. The van der Waals surface area contributed by atoms with Gasteiger partial charge in [-0.3, -0.25) is 14.9 Å². The molecule has 0 aliphatic carbocycles. The standard InChI is InChI=1S/C49H58N8O14S2/c1-47(2,3)69-45(61)50-25-16-26-56-28-34(27-55(56)9)31-21-23-35(24-22-31)67-37(43(60)68-39(32-17-12-10-13-18-32)33-19-14-11-15-20-33)29-66-54-38(36-30-72-44(51-36)53-46(62)70-48(4,5)6)41(58)52-40-42(59)57(49(40,7)8)71-73(63,64)65/h10-15,17-24,27-28,30,37,39-40H,16,25-26,29H2,1-9H3,(H3-,50,51,52,53,58,61,62,63,64,65)/t37?,40-/m1/s1. The van der Waals surface area contributed by atoms with Gasteiger partial charge in [0.25, 0.3) is 11.8 Å². The Hall–Kier alpha value is -7.41. The van der Waals surface area contributed by atoms with Gasteiger partial charge in [0.05, 0.1) is 23.8 Å². The fourth-order valence-corrected chi connectivity index (χ4v) is 8.24. The van der Waals surface area contributed by atoms with E-state index in [-0.39, 0.29) is 16.6 Å². The van der Waals surface area contributed by atoms with Gasteiger partial charge in [0.2, 0.25) is 22.7 Å². The van der Waals surface area contributed by atoms with Crippen LogP contribution in [0.3, 0.4) is 0 Å². The molecule has 390 valence electrons. The first kappa shape index (κ1) is 54.9. The quantitative estimate of drug-likeness (QED) is 0.00972. The highest BCUT2D eigenvalue weighted by Gasteiger charge is 2.57. The number of oxime groups is 1. The largest absolute Gasteiger partial charge is 0.724 e. The minimum atomic E-state index is -5.35. The number of ether oxygens (including phenoxy) is 4. The number of benzene rings is 3. The van der Waals surface area contributed by atoms with Crippen molar-refractivity contribution in [2.75, 3.05) is 18.5 Å². The number of thiazole rings is 1. The Morgan fingerprint density at radius 3 is 2.07 bits per heavy atom. The zero-order valence-electron chi connectivity index (χ0n) is 41.6. The van der Waals surface area contributed by atoms with Crippen molar-refractivity contribution in [2.45, 2.75) is 103 Å². The summed E-state index contributed by atoms with van der Waals surface area (Å²) in [4.78, 5) is 76.2. The van der Waals surface area contributed by atoms with E-state index in [4.69, 9.17) is 23.8 Å². The van der Waals surface area contributed by atoms with Crippen molar-refractivity contribution in [1.29, 1.82) is 0 Å². The number of alkyl carbamates (subject to hydrolysis) is 1. The summed E-state index contributed by atoms with van der Waals surface area (Å²) in [5.41, 5.74) is -0.691. The SMILES string of the molecule is C[n+]1cc(-c2ccc(OC(CON=C(C(=O)N[C@@H]3C(=O)N(OS(=O)(=O)[O-])C3(C)C)c3csc(NC(=O)OC(C)(C)C)n3)C(=O)OC(c3ccccc3)c3ccccc3)cc2)cn1CCCNC(=O)OC(C)(C)C. The van der Waals surface area contributed by atoms with Crippen LogP contribution in [0.4, 0.5) is 14.7 Å². The monoisotopic (exact) mass is 1050 g/mol. The molecule has 4 amide bonds. The van der Waals surface area contributed by atoms with E-state index in [0.29, 0.717) is 35.7 Å². The Balaban J connectivity index is 1.26. The van der Waals surface area contributed by atoms with E-state index in [1.54, 1.807) is 114 Å². The van der Waals surface area contributed by atoms with Crippen LogP contribution in [0.1, 0.15) is 84.7 Å². The number of nitrogens with zero attached hydrogens (tertiary/aromatic N) is 5. The summed E-state index contributed by atoms with van der Waals surface area (Å²) in [6.45, 7) is 13.4. The number of hydrogen-bond acceptors (Lipinski definition) is 17. The maximum atomic E-state index is 14.4. The number of amides is 4. The molecule has 0 bridgehead atoms. The summed E-state index contributed by atoms with van der Waals surface area (Å²) in [6, 6.07) is 23.6. The third-order valence-electron chi connectivity index (χ3n) is 10.5. The highest BCUT2D eigenvalue weighted by Crippen LogP contribution is 2.33. The number of carbonyl (C=O) groups is 5. The van der Waals surface area contributed by atoms with Crippen LogP contribution in [0, 0.1) is 0 Å². The molecule has 2 aromatic heterocycles. The fraction of sp³-hybridized carbons (Fsp3) is 0.388. The number of anilines is 1. The minimum Gasteiger partial charge on any atom is -0.724 e. The van der Waals surface area contributed by atoms with Gasteiger partial charge in [-0.05, 0) is 90.6 Å². The number of nitrogens with one attached hydrogen (secondary N) is 3. The number of β-lactam (4-membered cyclic amide) rings is 1. The molecule has 3 N–H and O–H groups in total. The first-order valence-electron chi connectivity index (χ1n) is 22.8. The summed E-state index contributed by atoms with van der Waals surface area (Å²) in [7, 11) is -3.46. The molecule has 2 atom stereocenters. The van der Waals surface area contributed by atoms with Crippen LogP contribution in [0.25, 0.3) is 11.1 Å². The van der Waals surface area contributed by atoms with Crippen molar-refractivity contribution in [3.05, 3.63) is 120 Å². The molecule has 24 heteroatoms. The van der Waals surface area contributed by atoms with E-state index in [1.807, 2.05) is 40.9 Å². The first-order chi connectivity index (χ1) is 34.3. The van der Waals surface area contributed by atoms with Crippen LogP contribution in [-0.4, -0.2) is 105 Å². The molecule has 1 aliphatic rings. The van der Waals surface area contributed by atoms with Crippen molar-refractivity contribution in [2.24, 2.45) is 12.2 Å². The lowest BCUT2D eigenvalue weighted by molar-refractivity contribution is -0.753. The molecule has 1 unspecified atom stereocenters. The predicted octanol–water partition coefficient (Wildman–Crippen LogP) is 5.70. The maximum absolute atomic E-state index is 14.4. The molecule has 3 heterocycles. The lowest BCUT2D eigenvalue weighted by Gasteiger charge is -2.51. The van der Waals surface area contributed by atoms with E-state index in [2.05, 4.69) is 30.4 Å². The highest BCUT2D eigenvalue weighted by atomic mass is 32.3. The van der Waals surface area contributed by atoms with Gasteiger partial charge in [-0.25, -0.2) is 27.8 Å². The molecule has 0 saturated carbocycles. The Kier molecular flexibility index (Phi) is 17.3. The van der Waals surface area contributed by atoms with Gasteiger partial charge >= 0.3 is 18.2 Å². The van der Waals surface area contributed by atoms with Gasteiger partial charge in [-0.1, -0.05) is 78.0 Å². The molecular formula is C49H58N8O14S2. The van der Waals surface area contributed by atoms with Crippen molar-refractivity contribution in [3.63, 3.8) is 0 Å². The van der Waals surface area contributed by atoms with Gasteiger partial charge in [0.15, 0.2) is 30.6 Å². The van der Waals surface area contributed by atoms with Crippen molar-refractivity contribution >= 4 is 62.5 Å². The van der Waals surface area contributed by atoms with Crippen LogP contribution in [0.2, 0.25) is 0 Å². The molecule has 1 saturated heterocycles. The second kappa shape index (κ2) is 23.0. The maximum Gasteiger partial charge on any atom is 0.413 e. The summed E-state index contributed by atoms with van der Waals surface area (Å²) in [6.07, 6.45) is 0.783. The molecule has 6 rings (SSSR count). The van der Waals surface area contributed by atoms with E-state index in [1.165, 1.54) is 19.2 Å². The molecule has 1 aliphatic heterocycles. The number of rotatable bonds is 20. The van der Waals surface area contributed by atoms with Crippen LogP contribution in [0.15, 0.2) is 108 Å². The lowest BCUT2D eigenvalue weighted by atomic mass is 9.84. The molecule has 73 heavy (non-hydrogen) atoms. The zero-order chi connectivity index (χ0) is 53.3. The van der Waals surface area contributed by atoms with Crippen molar-refractivity contribution in [3.8, 4) is 16.9 Å². The average Bonchev–Trinajstić information content (AvgIpc) is 3.93. The number of hydroxylamine groups is 2. The highest BCUT2D eigenvalue weighted by molar-refractivity contribution is 7.80. The Bertz CT molecular complexity index is 2860. The van der Waals surface area contributed by atoms with Crippen LogP contribution in [0.5, 0.6) is 5.75 Å². The molecule has 0 radical (unpaired) electrons. The third-order valence-corrected chi connectivity index (χ3v) is 11.6. The molecular weight excluding hydrogens is 989 g/mol. The van der Waals surface area contributed by atoms with Gasteiger partial charge < -0.3 is 39.0 Å².